The number of benzene rings is 13. The van der Waals surface area contributed by atoms with Gasteiger partial charge in [-0.2, -0.15) is 0 Å². The molecule has 0 amide bonds. The quantitative estimate of drug-likeness (QED) is 0.149. The molecule has 0 aliphatic carbocycles. The van der Waals surface area contributed by atoms with Gasteiger partial charge in [0, 0.05) is 49.9 Å². The Morgan fingerprint density at radius 1 is 0.344 bits per heavy atom. The average molecular weight is 1250 g/mol. The van der Waals surface area contributed by atoms with Gasteiger partial charge in [0.15, 0.2) is 0 Å². The molecule has 2 aliphatic heterocycles. The van der Waals surface area contributed by atoms with Gasteiger partial charge in [0.05, 0.1) is 56.7 Å². The van der Waals surface area contributed by atoms with Crippen molar-refractivity contribution >= 4 is 123 Å². The molecule has 6 heteroatoms. The van der Waals surface area contributed by atoms with E-state index in [9.17, 15) is 13.7 Å². The van der Waals surface area contributed by atoms with E-state index in [4.69, 9.17) is 12.9 Å². The standard InChI is InChI=1S/C90H72BN3O2/c1-88(2,3)61-46-59(47-62(52-61)89(4,5)6)58-40-43-71-76(49-58)94(87-65(56-28-14-11-15-29-56)42-45-82-85(87)69-34-20-25-39-81(69)95-82)79-54-63(92-73-36-22-17-31-66(73)67-32-18-23-37-74(67)92)53-78-86(79)91(71)72-48-57(55-26-12-10-13-27-55)41-44-75(72)93(78)77-50-60(64-30-16-21-35-70(64)90(7,8)9)51-83-84(77)68-33-19-24-38-80(68)96-83/h10-54H,1-9H3/i10D,12D,13D,17D,18D,22D,23D,26D,27D,31D,32D,36D,37D. The van der Waals surface area contributed by atoms with E-state index in [1.54, 1.807) is 4.57 Å². The van der Waals surface area contributed by atoms with Crippen molar-refractivity contribution in [3.8, 4) is 50.2 Å². The minimum atomic E-state index is -0.795. The molecule has 2 aliphatic rings. The maximum atomic E-state index is 10.1. The summed E-state index contributed by atoms with van der Waals surface area (Å²) in [4.78, 5) is 4.49. The predicted molar refractivity (Wildman–Crippen MR) is 407 cm³/mol. The fourth-order valence-corrected chi connectivity index (χ4v) is 15.1. The van der Waals surface area contributed by atoms with Gasteiger partial charge >= 0.3 is 0 Å². The molecule has 18 rings (SSSR count). The van der Waals surface area contributed by atoms with Gasteiger partial charge in [-0.15, -0.1) is 0 Å². The monoisotopic (exact) mass is 1250 g/mol. The van der Waals surface area contributed by atoms with Crippen LogP contribution in [0.1, 0.15) is 96.8 Å². The molecule has 0 saturated heterocycles. The summed E-state index contributed by atoms with van der Waals surface area (Å²) < 4.78 is 139. The fourth-order valence-electron chi connectivity index (χ4n) is 15.1. The maximum absolute atomic E-state index is 10.1. The summed E-state index contributed by atoms with van der Waals surface area (Å²) in [7, 11) is 0. The Balaban J connectivity index is 1.10. The smallest absolute Gasteiger partial charge is 0.252 e. The van der Waals surface area contributed by atoms with Crippen LogP contribution in [0.2, 0.25) is 0 Å². The van der Waals surface area contributed by atoms with Crippen LogP contribution < -0.4 is 26.2 Å². The lowest BCUT2D eigenvalue weighted by Crippen LogP contribution is -2.61. The van der Waals surface area contributed by atoms with Crippen molar-refractivity contribution in [2.24, 2.45) is 0 Å². The molecule has 5 nitrogen and oxygen atoms in total. The van der Waals surface area contributed by atoms with Crippen molar-refractivity contribution < 1.29 is 26.7 Å². The number of hydrogen-bond donors (Lipinski definition) is 0. The number of rotatable bonds is 7. The van der Waals surface area contributed by atoms with E-state index in [1.165, 1.54) is 0 Å². The average Bonchev–Trinajstić information content (AvgIpc) is 1.67. The lowest BCUT2D eigenvalue weighted by molar-refractivity contribution is 0.569. The summed E-state index contributed by atoms with van der Waals surface area (Å²) in [6, 6.07) is 59.5. The van der Waals surface area contributed by atoms with E-state index < -0.39 is 73.2 Å². The van der Waals surface area contributed by atoms with Gasteiger partial charge in [0.1, 0.15) is 22.3 Å². The second kappa shape index (κ2) is 21.2. The van der Waals surface area contributed by atoms with Crippen LogP contribution in [0.5, 0.6) is 0 Å². The highest BCUT2D eigenvalue weighted by Crippen LogP contribution is 2.55. The molecule has 5 heterocycles. The Bertz CT molecular complexity index is 6560. The first-order valence-corrected chi connectivity index (χ1v) is 32.8. The van der Waals surface area contributed by atoms with Crippen LogP contribution in [0.15, 0.2) is 282 Å². The van der Waals surface area contributed by atoms with Crippen molar-refractivity contribution in [1.82, 2.24) is 4.57 Å². The van der Waals surface area contributed by atoms with Crippen LogP contribution in [-0.4, -0.2) is 11.3 Å². The minimum Gasteiger partial charge on any atom is -0.456 e. The first kappa shape index (κ1) is 45.3. The van der Waals surface area contributed by atoms with E-state index in [2.05, 4.69) is 157 Å². The van der Waals surface area contributed by atoms with Gasteiger partial charge < -0.3 is 23.2 Å². The zero-order chi connectivity index (χ0) is 76.4. The molecule has 0 N–H and O–H groups in total. The van der Waals surface area contributed by atoms with Gasteiger partial charge in [-0.05, 0) is 161 Å². The van der Waals surface area contributed by atoms with Crippen LogP contribution in [-0.2, 0) is 16.2 Å². The SMILES string of the molecule is [2H]c1c([2H])c([2H])c(-c2ccc3c(c2)B2c4ccc(-c5cc(C(C)(C)C)cc(C(C)(C)C)c5)cc4N(c4c(-c5ccccc5)ccc5oc6ccccc6c45)c4cc(-n5c6c([2H])c([2H])c([2H])c([2H])c6c6c([2H])c([2H])c([2H])c([2H])c65)cc(c42)N3c2cc(-c3ccccc3C(C)(C)C)cc3oc4ccccc4c23)c([2H])c1[2H]. The zero-order valence-electron chi connectivity index (χ0n) is 67.7. The number of hydrogen-bond acceptors (Lipinski definition) is 4. The molecule has 96 heavy (non-hydrogen) atoms. The van der Waals surface area contributed by atoms with E-state index in [0.717, 1.165) is 77.1 Å². The molecule has 462 valence electrons. The summed E-state index contributed by atoms with van der Waals surface area (Å²) in [5.74, 6) is 0. The van der Waals surface area contributed by atoms with Gasteiger partial charge in [-0.3, -0.25) is 0 Å². The summed E-state index contributed by atoms with van der Waals surface area (Å²) >= 11 is 0. The first-order chi connectivity index (χ1) is 51.9. The molecule has 16 aromatic rings. The maximum Gasteiger partial charge on any atom is 0.252 e. The normalized spacial score (nSPS) is 15.1. The highest BCUT2D eigenvalue weighted by molar-refractivity contribution is 7.00. The minimum absolute atomic E-state index is 0.0126. The third-order valence-electron chi connectivity index (χ3n) is 19.7. The van der Waals surface area contributed by atoms with Gasteiger partial charge in [0.25, 0.3) is 6.71 Å². The van der Waals surface area contributed by atoms with E-state index in [1.807, 2.05) is 109 Å². The van der Waals surface area contributed by atoms with Gasteiger partial charge in [-0.1, -0.05) is 262 Å². The summed E-state index contributed by atoms with van der Waals surface area (Å²) in [5.41, 5.74) is 16.7. The summed E-state index contributed by atoms with van der Waals surface area (Å²) in [6.45, 7) is 19.1. The molecule has 0 spiro atoms. The van der Waals surface area contributed by atoms with Crippen molar-refractivity contribution in [2.45, 2.75) is 78.6 Å². The molecule has 0 fully saturated rings. The van der Waals surface area contributed by atoms with Crippen molar-refractivity contribution in [3.63, 3.8) is 0 Å². The molecule has 0 radical (unpaired) electrons. The van der Waals surface area contributed by atoms with Crippen LogP contribution >= 0.6 is 0 Å². The zero-order valence-corrected chi connectivity index (χ0v) is 54.7. The molecular weight excluding hydrogens is 1170 g/mol. The molecule has 0 atom stereocenters. The predicted octanol–water partition coefficient (Wildman–Crippen LogP) is 23.2. The molecule has 3 aromatic heterocycles. The van der Waals surface area contributed by atoms with E-state index >= 15 is 0 Å². The number of fused-ring (bicyclic) bond motifs is 13. The van der Waals surface area contributed by atoms with Crippen LogP contribution in [0.3, 0.4) is 0 Å². The van der Waals surface area contributed by atoms with Crippen molar-refractivity contribution in [2.75, 3.05) is 9.80 Å². The number of aromatic nitrogens is 1. The third kappa shape index (κ3) is 8.98. The third-order valence-corrected chi connectivity index (χ3v) is 19.7. The highest BCUT2D eigenvalue weighted by atomic mass is 16.3. The number of para-hydroxylation sites is 4. The summed E-state index contributed by atoms with van der Waals surface area (Å²) in [6.07, 6.45) is 0. The fraction of sp³-hybridized carbons (Fsp3) is 0.133. The van der Waals surface area contributed by atoms with Gasteiger partial charge in [0.2, 0.25) is 0 Å². The molecule has 0 bridgehead atoms. The lowest BCUT2D eigenvalue weighted by Gasteiger charge is -2.45. The Morgan fingerprint density at radius 3 is 1.61 bits per heavy atom. The second-order valence-electron chi connectivity index (χ2n) is 28.7. The molecular formula is C90H72BN3O2. The summed E-state index contributed by atoms with van der Waals surface area (Å²) in [5, 5.41) is 2.93. The van der Waals surface area contributed by atoms with Crippen molar-refractivity contribution in [3.05, 3.63) is 289 Å². The first-order valence-electron chi connectivity index (χ1n) is 39.3. The lowest BCUT2D eigenvalue weighted by atomic mass is 9.33. The van der Waals surface area contributed by atoms with Crippen molar-refractivity contribution in [1.29, 1.82) is 0 Å². The van der Waals surface area contributed by atoms with Crippen LogP contribution in [0, 0.1) is 0 Å². The molecule has 13 aromatic carbocycles. The van der Waals surface area contributed by atoms with E-state index in [0.29, 0.717) is 72.9 Å². The van der Waals surface area contributed by atoms with Gasteiger partial charge in [-0.25, -0.2) is 0 Å². The molecule has 0 saturated carbocycles. The van der Waals surface area contributed by atoms with Crippen LogP contribution in [0.25, 0.3) is 116 Å². The second-order valence-corrected chi connectivity index (χ2v) is 28.7. The Labute approximate surface area is 579 Å². The largest absolute Gasteiger partial charge is 0.456 e. The number of furan rings is 2. The topological polar surface area (TPSA) is 37.7 Å². The number of nitrogens with zero attached hydrogens (tertiary/aromatic N) is 3. The Hall–Kier alpha value is -11.1. The number of anilines is 6. The highest BCUT2D eigenvalue weighted by Gasteiger charge is 2.46. The van der Waals surface area contributed by atoms with E-state index in [-0.39, 0.29) is 61.4 Å². The molecule has 0 unspecified atom stereocenters. The van der Waals surface area contributed by atoms with Crippen LogP contribution in [0.4, 0.5) is 34.1 Å². The Kier molecular flexibility index (Phi) is 10.0. The Morgan fingerprint density at radius 2 is 0.927 bits per heavy atom.